The number of rotatable bonds is 6. The van der Waals surface area contributed by atoms with Gasteiger partial charge < -0.3 is 11.1 Å². The molecule has 1 aliphatic rings. The Morgan fingerprint density at radius 2 is 2.39 bits per heavy atom. The van der Waals surface area contributed by atoms with Crippen LogP contribution in [0.1, 0.15) is 44.7 Å². The zero-order chi connectivity index (χ0) is 12.8. The summed E-state index contributed by atoms with van der Waals surface area (Å²) in [5.74, 6) is 0. The topological polar surface area (TPSA) is 50.9 Å². The third-order valence-electron chi connectivity index (χ3n) is 3.19. The molecular weight excluding hydrogens is 242 g/mol. The van der Waals surface area contributed by atoms with Crippen LogP contribution in [-0.4, -0.2) is 17.6 Å². The van der Waals surface area contributed by atoms with Crippen LogP contribution in [0.4, 0.5) is 5.13 Å². The SMILES string of the molecule is CC(N)Cc1csc(NCCC2=CCCCC2)n1. The molecule has 0 saturated carbocycles. The molecule has 0 fully saturated rings. The van der Waals surface area contributed by atoms with Crippen LogP contribution in [0.3, 0.4) is 0 Å². The number of thiazole rings is 1. The first-order valence-electron chi connectivity index (χ1n) is 6.86. The van der Waals surface area contributed by atoms with Crippen molar-refractivity contribution in [1.82, 2.24) is 4.98 Å². The number of nitrogens with two attached hydrogens (primary N) is 1. The number of nitrogens with zero attached hydrogens (tertiary/aromatic N) is 1. The minimum atomic E-state index is 0.187. The molecule has 4 heteroatoms. The molecule has 0 bridgehead atoms. The summed E-state index contributed by atoms with van der Waals surface area (Å²) in [4.78, 5) is 4.54. The highest BCUT2D eigenvalue weighted by atomic mass is 32.1. The first-order valence-corrected chi connectivity index (χ1v) is 7.74. The lowest BCUT2D eigenvalue weighted by Crippen LogP contribution is -2.17. The van der Waals surface area contributed by atoms with Crippen molar-refractivity contribution >= 4 is 16.5 Å². The third kappa shape index (κ3) is 4.42. The van der Waals surface area contributed by atoms with Gasteiger partial charge in [0.25, 0.3) is 0 Å². The van der Waals surface area contributed by atoms with Gasteiger partial charge in [-0.1, -0.05) is 11.6 Å². The van der Waals surface area contributed by atoms with Crippen LogP contribution in [0, 0.1) is 0 Å². The number of nitrogens with one attached hydrogen (secondary N) is 1. The van der Waals surface area contributed by atoms with Gasteiger partial charge in [0.1, 0.15) is 0 Å². The molecule has 0 aromatic carbocycles. The molecule has 0 spiro atoms. The van der Waals surface area contributed by atoms with E-state index in [1.165, 1.54) is 25.7 Å². The summed E-state index contributed by atoms with van der Waals surface area (Å²) in [5, 5.41) is 6.54. The Hall–Kier alpha value is -0.870. The van der Waals surface area contributed by atoms with Gasteiger partial charge >= 0.3 is 0 Å². The molecule has 18 heavy (non-hydrogen) atoms. The van der Waals surface area contributed by atoms with E-state index in [2.05, 4.69) is 21.8 Å². The van der Waals surface area contributed by atoms with E-state index in [1.54, 1.807) is 16.9 Å². The molecule has 0 saturated heterocycles. The smallest absolute Gasteiger partial charge is 0.182 e. The molecule has 1 unspecified atom stereocenters. The Morgan fingerprint density at radius 1 is 1.50 bits per heavy atom. The van der Waals surface area contributed by atoms with E-state index in [1.807, 2.05) is 6.92 Å². The van der Waals surface area contributed by atoms with E-state index in [9.17, 15) is 0 Å². The average Bonchev–Trinajstić information content (AvgIpc) is 2.77. The molecular formula is C14H23N3S. The van der Waals surface area contributed by atoms with Gasteiger partial charge in [-0.05, 0) is 39.0 Å². The van der Waals surface area contributed by atoms with Crippen molar-refractivity contribution in [2.24, 2.45) is 5.73 Å². The molecule has 1 atom stereocenters. The fourth-order valence-corrected chi connectivity index (χ4v) is 3.03. The first kappa shape index (κ1) is 13.6. The van der Waals surface area contributed by atoms with Crippen molar-refractivity contribution in [3.05, 3.63) is 22.7 Å². The Morgan fingerprint density at radius 3 is 3.11 bits per heavy atom. The zero-order valence-electron chi connectivity index (χ0n) is 11.1. The van der Waals surface area contributed by atoms with Gasteiger partial charge in [0, 0.05) is 24.4 Å². The predicted octanol–water partition coefficient (Wildman–Crippen LogP) is 3.34. The number of anilines is 1. The van der Waals surface area contributed by atoms with Crippen molar-refractivity contribution < 1.29 is 0 Å². The maximum absolute atomic E-state index is 5.77. The van der Waals surface area contributed by atoms with Crippen molar-refractivity contribution in [3.63, 3.8) is 0 Å². The number of allylic oxidation sites excluding steroid dienone is 1. The minimum Gasteiger partial charge on any atom is -0.361 e. The molecule has 1 aromatic rings. The average molecular weight is 265 g/mol. The maximum Gasteiger partial charge on any atom is 0.182 e. The summed E-state index contributed by atoms with van der Waals surface area (Å²) in [7, 11) is 0. The van der Waals surface area contributed by atoms with Crippen molar-refractivity contribution in [3.8, 4) is 0 Å². The van der Waals surface area contributed by atoms with Gasteiger partial charge in [-0.3, -0.25) is 0 Å². The quantitative estimate of drug-likeness (QED) is 0.776. The van der Waals surface area contributed by atoms with Crippen LogP contribution < -0.4 is 11.1 Å². The summed E-state index contributed by atoms with van der Waals surface area (Å²) in [5.41, 5.74) is 8.49. The van der Waals surface area contributed by atoms with E-state index in [0.717, 1.165) is 30.2 Å². The molecule has 3 N–H and O–H groups in total. The van der Waals surface area contributed by atoms with Gasteiger partial charge in [-0.2, -0.15) is 0 Å². The maximum atomic E-state index is 5.77. The fourth-order valence-electron chi connectivity index (χ4n) is 2.27. The van der Waals surface area contributed by atoms with Gasteiger partial charge in [0.05, 0.1) is 5.69 Å². The Labute approximate surface area is 114 Å². The molecule has 100 valence electrons. The minimum absolute atomic E-state index is 0.187. The Balaban J connectivity index is 1.72. The van der Waals surface area contributed by atoms with Crippen LogP contribution in [0.5, 0.6) is 0 Å². The van der Waals surface area contributed by atoms with Crippen molar-refractivity contribution in [2.45, 2.75) is 51.5 Å². The molecule has 0 radical (unpaired) electrons. The van der Waals surface area contributed by atoms with Crippen LogP contribution in [0.15, 0.2) is 17.0 Å². The highest BCUT2D eigenvalue weighted by Crippen LogP contribution is 2.21. The number of hydrogen-bond donors (Lipinski definition) is 2. The lowest BCUT2D eigenvalue weighted by atomic mass is 9.97. The summed E-state index contributed by atoms with van der Waals surface area (Å²) in [6, 6.07) is 0.187. The fraction of sp³-hybridized carbons (Fsp3) is 0.643. The van der Waals surface area contributed by atoms with Crippen LogP contribution in [0.25, 0.3) is 0 Å². The first-order chi connectivity index (χ1) is 8.74. The highest BCUT2D eigenvalue weighted by molar-refractivity contribution is 7.13. The molecule has 0 aliphatic heterocycles. The van der Waals surface area contributed by atoms with E-state index >= 15 is 0 Å². The molecule has 1 aromatic heterocycles. The largest absolute Gasteiger partial charge is 0.361 e. The van der Waals surface area contributed by atoms with E-state index in [-0.39, 0.29) is 6.04 Å². The standard InChI is InChI=1S/C14H23N3S/c1-11(15)9-13-10-18-14(17-13)16-8-7-12-5-3-2-4-6-12/h5,10-11H,2-4,6-9,15H2,1H3,(H,16,17). The predicted molar refractivity (Wildman–Crippen MR) is 79.1 cm³/mol. The monoisotopic (exact) mass is 265 g/mol. The zero-order valence-corrected chi connectivity index (χ0v) is 11.9. The lowest BCUT2D eigenvalue weighted by molar-refractivity contribution is 0.679. The second-order valence-electron chi connectivity index (χ2n) is 5.11. The van der Waals surface area contributed by atoms with Gasteiger partial charge in [-0.15, -0.1) is 11.3 Å². The second kappa shape index (κ2) is 6.90. The number of hydrogen-bond acceptors (Lipinski definition) is 4. The van der Waals surface area contributed by atoms with E-state index < -0.39 is 0 Å². The molecule has 1 aliphatic carbocycles. The van der Waals surface area contributed by atoms with Crippen molar-refractivity contribution in [1.29, 1.82) is 0 Å². The van der Waals surface area contributed by atoms with E-state index in [0.29, 0.717) is 0 Å². The number of aromatic nitrogens is 1. The van der Waals surface area contributed by atoms with Crippen molar-refractivity contribution in [2.75, 3.05) is 11.9 Å². The molecule has 1 heterocycles. The highest BCUT2D eigenvalue weighted by Gasteiger charge is 2.06. The Kier molecular flexibility index (Phi) is 5.20. The van der Waals surface area contributed by atoms with Gasteiger partial charge in [-0.25, -0.2) is 4.98 Å². The van der Waals surface area contributed by atoms with Crippen LogP contribution in [0.2, 0.25) is 0 Å². The van der Waals surface area contributed by atoms with Crippen LogP contribution in [-0.2, 0) is 6.42 Å². The summed E-state index contributed by atoms with van der Waals surface area (Å²) in [6.45, 7) is 3.01. The normalized spacial score (nSPS) is 17.3. The Bertz CT molecular complexity index is 395. The summed E-state index contributed by atoms with van der Waals surface area (Å²) in [6.07, 6.45) is 9.71. The summed E-state index contributed by atoms with van der Waals surface area (Å²) < 4.78 is 0. The van der Waals surface area contributed by atoms with Crippen LogP contribution >= 0.6 is 11.3 Å². The lowest BCUT2D eigenvalue weighted by Gasteiger charge is -2.12. The second-order valence-corrected chi connectivity index (χ2v) is 5.97. The van der Waals surface area contributed by atoms with Gasteiger partial charge in [0.2, 0.25) is 0 Å². The molecule has 0 amide bonds. The molecule has 2 rings (SSSR count). The third-order valence-corrected chi connectivity index (χ3v) is 4.04. The van der Waals surface area contributed by atoms with Gasteiger partial charge in [0.15, 0.2) is 5.13 Å². The van der Waals surface area contributed by atoms with E-state index in [4.69, 9.17) is 5.73 Å². The summed E-state index contributed by atoms with van der Waals surface area (Å²) >= 11 is 1.68. The molecule has 3 nitrogen and oxygen atoms in total.